The quantitative estimate of drug-likeness (QED) is 0.626. The summed E-state index contributed by atoms with van der Waals surface area (Å²) in [6.45, 7) is 0. The predicted molar refractivity (Wildman–Crippen MR) is 44.2 cm³/mol. The zero-order chi connectivity index (χ0) is 7.03. The van der Waals surface area contributed by atoms with Crippen LogP contribution < -0.4 is 0 Å². The average molecular weight is 158 g/mol. The fraction of sp³-hybridized carbons (Fsp3) is 1.00. The summed E-state index contributed by atoms with van der Waals surface area (Å²) in [5.74, 6) is 2.64. The third-order valence-corrected chi connectivity index (χ3v) is 4.23. The number of hydrogen-bond acceptors (Lipinski definition) is 2. The summed E-state index contributed by atoms with van der Waals surface area (Å²) in [6.07, 6.45) is 5.24. The molecular formula is C8H14OS. The van der Waals surface area contributed by atoms with Gasteiger partial charge in [-0.1, -0.05) is 12.8 Å². The average Bonchev–Trinajstić information content (AvgIpc) is 2.33. The topological polar surface area (TPSA) is 20.2 Å². The highest BCUT2D eigenvalue weighted by Crippen LogP contribution is 2.43. The van der Waals surface area contributed by atoms with E-state index < -0.39 is 0 Å². The second-order valence-corrected chi connectivity index (χ2v) is 4.56. The molecule has 2 heteroatoms. The molecule has 2 fully saturated rings. The van der Waals surface area contributed by atoms with Gasteiger partial charge in [0.2, 0.25) is 0 Å². The third-order valence-electron chi connectivity index (χ3n) is 2.82. The first-order chi connectivity index (χ1) is 4.81. The zero-order valence-corrected chi connectivity index (χ0v) is 6.99. The number of thioether (sulfide) groups is 1. The molecule has 1 heterocycles. The van der Waals surface area contributed by atoms with Crippen molar-refractivity contribution in [1.82, 2.24) is 0 Å². The van der Waals surface area contributed by atoms with Crippen LogP contribution in [-0.2, 0) is 0 Å². The normalized spacial score (nSPS) is 32.1. The minimum atomic E-state index is -0.235. The minimum absolute atomic E-state index is 0.235. The van der Waals surface area contributed by atoms with Crippen molar-refractivity contribution >= 4 is 11.8 Å². The highest BCUT2D eigenvalue weighted by molar-refractivity contribution is 8.00. The Labute approximate surface area is 66.2 Å². The first kappa shape index (κ1) is 6.99. The lowest BCUT2D eigenvalue weighted by molar-refractivity contribution is 0.0187. The fourth-order valence-corrected chi connectivity index (χ4v) is 3.10. The van der Waals surface area contributed by atoms with Crippen LogP contribution in [0.4, 0.5) is 0 Å². The van der Waals surface area contributed by atoms with Crippen molar-refractivity contribution in [3.8, 4) is 0 Å². The molecule has 58 valence electrons. The molecule has 0 atom stereocenters. The maximum absolute atomic E-state index is 9.89. The maximum Gasteiger partial charge on any atom is 0.0855 e. The second kappa shape index (κ2) is 2.42. The summed E-state index contributed by atoms with van der Waals surface area (Å²) in [6, 6.07) is 0. The van der Waals surface area contributed by atoms with E-state index in [2.05, 4.69) is 0 Å². The van der Waals surface area contributed by atoms with Crippen LogP contribution in [0, 0.1) is 5.92 Å². The van der Waals surface area contributed by atoms with Gasteiger partial charge in [0.1, 0.15) is 0 Å². The summed E-state index contributed by atoms with van der Waals surface area (Å²) in [7, 11) is 0. The van der Waals surface area contributed by atoms with Crippen molar-refractivity contribution in [2.75, 3.05) is 11.5 Å². The van der Waals surface area contributed by atoms with E-state index in [9.17, 15) is 5.11 Å². The molecule has 0 aromatic heterocycles. The Bertz CT molecular complexity index is 125. The Balaban J connectivity index is 1.96. The highest BCUT2D eigenvalue weighted by atomic mass is 32.2. The molecule has 10 heavy (non-hydrogen) atoms. The Hall–Kier alpha value is 0.310. The van der Waals surface area contributed by atoms with Crippen molar-refractivity contribution in [2.24, 2.45) is 5.92 Å². The lowest BCUT2D eigenvalue weighted by Crippen LogP contribution is -2.49. The molecule has 2 rings (SSSR count). The molecule has 1 aliphatic heterocycles. The molecule has 1 aliphatic carbocycles. The van der Waals surface area contributed by atoms with Gasteiger partial charge in [-0.05, 0) is 18.8 Å². The van der Waals surface area contributed by atoms with Crippen LogP contribution in [0.5, 0.6) is 0 Å². The van der Waals surface area contributed by atoms with Gasteiger partial charge in [0.05, 0.1) is 5.60 Å². The Kier molecular flexibility index (Phi) is 1.69. The number of rotatable bonds is 1. The largest absolute Gasteiger partial charge is 0.388 e. The van der Waals surface area contributed by atoms with E-state index in [1.165, 1.54) is 25.7 Å². The summed E-state index contributed by atoms with van der Waals surface area (Å²) in [4.78, 5) is 0. The minimum Gasteiger partial charge on any atom is -0.388 e. The van der Waals surface area contributed by atoms with E-state index >= 15 is 0 Å². The molecule has 1 N–H and O–H groups in total. The van der Waals surface area contributed by atoms with Gasteiger partial charge in [-0.2, -0.15) is 11.8 Å². The first-order valence-corrected chi connectivity index (χ1v) is 5.27. The van der Waals surface area contributed by atoms with Gasteiger partial charge in [0, 0.05) is 11.5 Å². The molecule has 1 saturated carbocycles. The molecule has 0 bridgehead atoms. The Morgan fingerprint density at radius 1 is 1.20 bits per heavy atom. The molecule has 0 amide bonds. The monoisotopic (exact) mass is 158 g/mol. The van der Waals surface area contributed by atoms with Crippen molar-refractivity contribution in [3.05, 3.63) is 0 Å². The molecular weight excluding hydrogens is 144 g/mol. The van der Waals surface area contributed by atoms with E-state index in [4.69, 9.17) is 0 Å². The van der Waals surface area contributed by atoms with Gasteiger partial charge in [-0.3, -0.25) is 0 Å². The van der Waals surface area contributed by atoms with Crippen LogP contribution in [0.2, 0.25) is 0 Å². The standard InChI is InChI=1S/C8H14OS/c9-8(5-10-6-8)7-3-1-2-4-7/h7,9H,1-6H2. The summed E-state index contributed by atoms with van der Waals surface area (Å²) < 4.78 is 0. The van der Waals surface area contributed by atoms with Gasteiger partial charge in [-0.15, -0.1) is 0 Å². The SMILES string of the molecule is OC1(C2CCCC2)CSC1. The van der Waals surface area contributed by atoms with E-state index in [1.807, 2.05) is 11.8 Å². The van der Waals surface area contributed by atoms with Gasteiger partial charge in [-0.25, -0.2) is 0 Å². The van der Waals surface area contributed by atoms with E-state index in [1.54, 1.807) is 0 Å². The molecule has 0 unspecified atom stereocenters. The van der Waals surface area contributed by atoms with Gasteiger partial charge < -0.3 is 5.11 Å². The summed E-state index contributed by atoms with van der Waals surface area (Å²) in [5, 5.41) is 9.89. The van der Waals surface area contributed by atoms with E-state index in [0.29, 0.717) is 5.92 Å². The summed E-state index contributed by atoms with van der Waals surface area (Å²) in [5.41, 5.74) is -0.235. The zero-order valence-electron chi connectivity index (χ0n) is 6.18. The maximum atomic E-state index is 9.89. The van der Waals surface area contributed by atoms with Crippen LogP contribution in [0.1, 0.15) is 25.7 Å². The van der Waals surface area contributed by atoms with Gasteiger partial charge in [0.15, 0.2) is 0 Å². The van der Waals surface area contributed by atoms with E-state index in [0.717, 1.165) is 11.5 Å². The van der Waals surface area contributed by atoms with E-state index in [-0.39, 0.29) is 5.60 Å². The summed E-state index contributed by atoms with van der Waals surface area (Å²) >= 11 is 1.88. The van der Waals surface area contributed by atoms with Crippen LogP contribution in [0.25, 0.3) is 0 Å². The third kappa shape index (κ3) is 0.978. The smallest absolute Gasteiger partial charge is 0.0855 e. The highest BCUT2D eigenvalue weighted by Gasteiger charge is 2.43. The fourth-order valence-electron chi connectivity index (χ4n) is 2.01. The number of hydrogen-bond donors (Lipinski definition) is 1. The Morgan fingerprint density at radius 3 is 2.20 bits per heavy atom. The predicted octanol–water partition coefficient (Wildman–Crippen LogP) is 1.65. The van der Waals surface area contributed by atoms with Crippen molar-refractivity contribution < 1.29 is 5.11 Å². The lowest BCUT2D eigenvalue weighted by Gasteiger charge is -2.41. The molecule has 0 spiro atoms. The second-order valence-electron chi connectivity index (χ2n) is 3.58. The molecule has 2 aliphatic rings. The Morgan fingerprint density at radius 2 is 1.80 bits per heavy atom. The van der Waals surface area contributed by atoms with Crippen LogP contribution in [0.3, 0.4) is 0 Å². The van der Waals surface area contributed by atoms with Crippen molar-refractivity contribution in [2.45, 2.75) is 31.3 Å². The molecule has 0 aromatic rings. The molecule has 0 aromatic carbocycles. The lowest BCUT2D eigenvalue weighted by atomic mass is 9.89. The molecule has 1 saturated heterocycles. The van der Waals surface area contributed by atoms with Crippen LogP contribution in [0.15, 0.2) is 0 Å². The van der Waals surface area contributed by atoms with Crippen molar-refractivity contribution in [1.29, 1.82) is 0 Å². The van der Waals surface area contributed by atoms with Crippen LogP contribution >= 0.6 is 11.8 Å². The first-order valence-electron chi connectivity index (χ1n) is 4.11. The molecule has 1 nitrogen and oxygen atoms in total. The molecule has 0 radical (unpaired) electrons. The number of aliphatic hydroxyl groups is 1. The van der Waals surface area contributed by atoms with Crippen molar-refractivity contribution in [3.63, 3.8) is 0 Å². The van der Waals surface area contributed by atoms with Crippen LogP contribution in [-0.4, -0.2) is 22.2 Å². The van der Waals surface area contributed by atoms with Gasteiger partial charge >= 0.3 is 0 Å². The van der Waals surface area contributed by atoms with Gasteiger partial charge in [0.25, 0.3) is 0 Å².